The first-order chi connectivity index (χ1) is 10.1. The van der Waals surface area contributed by atoms with E-state index in [0.29, 0.717) is 22.7 Å². The highest BCUT2D eigenvalue weighted by molar-refractivity contribution is 7.21. The molecule has 0 bridgehead atoms. The molecule has 3 nitrogen and oxygen atoms in total. The molecular weight excluding hydrogens is 323 g/mol. The Balaban J connectivity index is 0.00000176. The predicted octanol–water partition coefficient (Wildman–Crippen LogP) is 3.63. The molecule has 1 aliphatic rings. The molecule has 0 radical (unpaired) electrons. The maximum absolute atomic E-state index is 13.9. The Morgan fingerprint density at radius 3 is 2.91 bits per heavy atom. The summed E-state index contributed by atoms with van der Waals surface area (Å²) >= 11 is 1.36. The van der Waals surface area contributed by atoms with Crippen molar-refractivity contribution >= 4 is 39.7 Å². The van der Waals surface area contributed by atoms with E-state index in [-0.39, 0.29) is 30.2 Å². The molecule has 2 unspecified atom stereocenters. The van der Waals surface area contributed by atoms with Crippen molar-refractivity contribution in [3.8, 4) is 0 Å². The van der Waals surface area contributed by atoms with Gasteiger partial charge in [0.25, 0.3) is 5.91 Å². The summed E-state index contributed by atoms with van der Waals surface area (Å²) in [6.45, 7) is 2.41. The fourth-order valence-corrected chi connectivity index (χ4v) is 4.34. The van der Waals surface area contributed by atoms with Crippen LogP contribution in [0.1, 0.15) is 34.5 Å². The molecule has 3 N–H and O–H groups in total. The molecule has 2 aromatic rings. The summed E-state index contributed by atoms with van der Waals surface area (Å²) in [6.07, 6.45) is 3.15. The molecule has 6 heteroatoms. The van der Waals surface area contributed by atoms with Crippen LogP contribution in [-0.4, -0.2) is 18.5 Å². The lowest BCUT2D eigenvalue weighted by Crippen LogP contribution is -2.39. The quantitative estimate of drug-likeness (QED) is 0.895. The molecule has 3 rings (SSSR count). The Morgan fingerprint density at radius 1 is 1.45 bits per heavy atom. The van der Waals surface area contributed by atoms with E-state index in [9.17, 15) is 9.18 Å². The summed E-state index contributed by atoms with van der Waals surface area (Å²) in [7, 11) is 0. The van der Waals surface area contributed by atoms with Gasteiger partial charge in [-0.3, -0.25) is 4.79 Å². The van der Waals surface area contributed by atoms with Gasteiger partial charge < -0.3 is 11.1 Å². The van der Waals surface area contributed by atoms with Crippen molar-refractivity contribution in [1.82, 2.24) is 5.32 Å². The van der Waals surface area contributed by atoms with Gasteiger partial charge in [0.05, 0.1) is 4.88 Å². The lowest BCUT2D eigenvalue weighted by Gasteiger charge is -2.19. The number of thiophene rings is 1. The number of hydrogen-bond acceptors (Lipinski definition) is 3. The highest BCUT2D eigenvalue weighted by atomic mass is 35.5. The largest absolute Gasteiger partial charge is 0.348 e. The third-order valence-corrected chi connectivity index (χ3v) is 5.64. The van der Waals surface area contributed by atoms with Gasteiger partial charge in [0, 0.05) is 16.1 Å². The van der Waals surface area contributed by atoms with Gasteiger partial charge in [0.15, 0.2) is 0 Å². The van der Waals surface area contributed by atoms with Crippen LogP contribution >= 0.6 is 23.7 Å². The van der Waals surface area contributed by atoms with Crippen LogP contribution in [-0.2, 0) is 0 Å². The molecule has 120 valence electrons. The Bertz CT molecular complexity index is 688. The minimum atomic E-state index is -0.263. The second-order valence-electron chi connectivity index (χ2n) is 5.68. The maximum Gasteiger partial charge on any atom is 0.261 e. The van der Waals surface area contributed by atoms with Crippen molar-refractivity contribution in [1.29, 1.82) is 0 Å². The first-order valence-corrected chi connectivity index (χ1v) is 8.12. The van der Waals surface area contributed by atoms with Crippen LogP contribution in [0.5, 0.6) is 0 Å². The fraction of sp³-hybridized carbons (Fsp3) is 0.438. The number of amides is 1. The predicted molar refractivity (Wildman–Crippen MR) is 91.4 cm³/mol. The van der Waals surface area contributed by atoms with Crippen LogP contribution in [0.15, 0.2) is 18.2 Å². The number of carbonyl (C=O) groups excluding carboxylic acids is 1. The molecule has 22 heavy (non-hydrogen) atoms. The smallest absolute Gasteiger partial charge is 0.261 e. The summed E-state index contributed by atoms with van der Waals surface area (Å²) < 4.78 is 14.7. The number of nitrogens with one attached hydrogen (secondary N) is 1. The number of rotatable bonds is 3. The summed E-state index contributed by atoms with van der Waals surface area (Å²) in [6, 6.07) is 5.12. The normalized spacial score (nSPS) is 20.9. The number of carbonyl (C=O) groups is 1. The minimum Gasteiger partial charge on any atom is -0.348 e. The molecule has 2 atom stereocenters. The number of halogens is 2. The van der Waals surface area contributed by atoms with Crippen LogP contribution in [0, 0.1) is 18.7 Å². The van der Waals surface area contributed by atoms with Gasteiger partial charge in [-0.25, -0.2) is 4.39 Å². The van der Waals surface area contributed by atoms with E-state index in [2.05, 4.69) is 5.32 Å². The third-order valence-electron chi connectivity index (χ3n) is 4.39. The van der Waals surface area contributed by atoms with Crippen molar-refractivity contribution in [2.24, 2.45) is 11.7 Å². The molecule has 1 heterocycles. The number of benzene rings is 1. The van der Waals surface area contributed by atoms with Gasteiger partial charge in [-0.05, 0) is 49.9 Å². The van der Waals surface area contributed by atoms with Crippen LogP contribution in [0.25, 0.3) is 10.1 Å². The molecule has 0 saturated heterocycles. The summed E-state index contributed by atoms with van der Waals surface area (Å²) in [5, 5.41) is 3.65. The van der Waals surface area contributed by atoms with E-state index in [1.807, 2.05) is 13.0 Å². The van der Waals surface area contributed by atoms with Gasteiger partial charge in [-0.1, -0.05) is 12.5 Å². The molecule has 0 spiro atoms. The summed E-state index contributed by atoms with van der Waals surface area (Å²) in [5.74, 6) is -0.000165. The van der Waals surface area contributed by atoms with E-state index in [1.165, 1.54) is 17.4 Å². The van der Waals surface area contributed by atoms with Crippen molar-refractivity contribution in [2.75, 3.05) is 6.54 Å². The number of fused-ring (bicyclic) bond motifs is 1. The average molecular weight is 343 g/mol. The van der Waals surface area contributed by atoms with Crippen LogP contribution in [0.3, 0.4) is 0 Å². The zero-order valence-corrected chi connectivity index (χ0v) is 14.0. The van der Waals surface area contributed by atoms with Gasteiger partial charge in [-0.2, -0.15) is 0 Å². The average Bonchev–Trinajstić information content (AvgIpc) is 3.04. The first-order valence-electron chi connectivity index (χ1n) is 7.30. The van der Waals surface area contributed by atoms with E-state index in [1.54, 1.807) is 6.07 Å². The van der Waals surface area contributed by atoms with Crippen molar-refractivity contribution in [3.05, 3.63) is 34.5 Å². The van der Waals surface area contributed by atoms with Crippen LogP contribution in [0.4, 0.5) is 4.39 Å². The lowest BCUT2D eigenvalue weighted by atomic mass is 10.0. The molecular formula is C16H20ClFN2OS. The topological polar surface area (TPSA) is 55.1 Å². The monoisotopic (exact) mass is 342 g/mol. The molecule has 1 saturated carbocycles. The van der Waals surface area contributed by atoms with Gasteiger partial charge in [-0.15, -0.1) is 23.7 Å². The number of nitrogens with two attached hydrogens (primary N) is 1. The van der Waals surface area contributed by atoms with Crippen molar-refractivity contribution in [3.63, 3.8) is 0 Å². The van der Waals surface area contributed by atoms with Crippen LogP contribution in [0.2, 0.25) is 0 Å². The summed E-state index contributed by atoms with van der Waals surface area (Å²) in [4.78, 5) is 13.1. The molecule has 1 amide bonds. The second-order valence-corrected chi connectivity index (χ2v) is 6.73. The van der Waals surface area contributed by atoms with E-state index < -0.39 is 0 Å². The lowest BCUT2D eigenvalue weighted by molar-refractivity contribution is 0.0932. The second kappa shape index (κ2) is 6.94. The van der Waals surface area contributed by atoms with E-state index in [4.69, 9.17) is 5.73 Å². The number of aryl methyl sites for hydroxylation is 1. The molecule has 1 fully saturated rings. The highest BCUT2D eigenvalue weighted by Crippen LogP contribution is 2.33. The van der Waals surface area contributed by atoms with E-state index in [0.717, 1.165) is 29.5 Å². The maximum atomic E-state index is 13.9. The fourth-order valence-electron chi connectivity index (χ4n) is 3.21. The Labute approximate surface area is 139 Å². The van der Waals surface area contributed by atoms with Gasteiger partial charge in [0.1, 0.15) is 5.82 Å². The van der Waals surface area contributed by atoms with E-state index >= 15 is 0 Å². The molecule has 1 aliphatic carbocycles. The Morgan fingerprint density at radius 2 is 2.23 bits per heavy atom. The molecule has 1 aromatic carbocycles. The number of hydrogen-bond donors (Lipinski definition) is 2. The van der Waals surface area contributed by atoms with Gasteiger partial charge in [0.2, 0.25) is 0 Å². The van der Waals surface area contributed by atoms with Gasteiger partial charge >= 0.3 is 0 Å². The van der Waals surface area contributed by atoms with Crippen molar-refractivity contribution < 1.29 is 9.18 Å². The standard InChI is InChI=1S/C16H19FN2OS.ClH/c1-9-14-11(17)5-3-7-13(14)21-15(9)16(20)19-12-6-2-4-10(12)8-18;/h3,5,7,10,12H,2,4,6,8,18H2,1H3,(H,19,20);1H. The summed E-state index contributed by atoms with van der Waals surface area (Å²) in [5.41, 5.74) is 6.48. The zero-order chi connectivity index (χ0) is 15.0. The minimum absolute atomic E-state index is 0. The molecule has 1 aromatic heterocycles. The highest BCUT2D eigenvalue weighted by Gasteiger charge is 2.28. The zero-order valence-electron chi connectivity index (χ0n) is 12.4. The van der Waals surface area contributed by atoms with Crippen LogP contribution < -0.4 is 11.1 Å². The first kappa shape index (κ1) is 17.2. The molecule has 0 aliphatic heterocycles. The Kier molecular flexibility index (Phi) is 5.42. The SMILES string of the molecule is Cc1c(C(=O)NC2CCCC2CN)sc2cccc(F)c12.Cl. The third kappa shape index (κ3) is 2.98. The van der Waals surface area contributed by atoms with Crippen molar-refractivity contribution in [2.45, 2.75) is 32.2 Å². The Hall–Kier alpha value is -1.17.